The fraction of sp³-hybridized carbons (Fsp3) is 0.900. The molecule has 0 saturated carbocycles. The predicted molar refractivity (Wildman–Crippen MR) is 55.0 cm³/mol. The van der Waals surface area contributed by atoms with Gasteiger partial charge in [-0.2, -0.15) is 0 Å². The molecule has 0 aliphatic carbocycles. The fourth-order valence-corrected chi connectivity index (χ4v) is 1.84. The molecule has 0 spiro atoms. The number of hydrogen-bond acceptors (Lipinski definition) is 3. The van der Waals surface area contributed by atoms with Crippen molar-refractivity contribution < 1.29 is 9.90 Å². The highest BCUT2D eigenvalue weighted by Crippen LogP contribution is 2.11. The molecular formula is C10H20N2O2. The molecule has 1 aliphatic rings. The SMILES string of the molecule is CC(C)NC1CCCN(CCO)C1=O. The van der Waals surface area contributed by atoms with E-state index in [-0.39, 0.29) is 18.6 Å². The van der Waals surface area contributed by atoms with E-state index in [1.165, 1.54) is 0 Å². The van der Waals surface area contributed by atoms with Gasteiger partial charge in [0, 0.05) is 19.1 Å². The average Bonchev–Trinajstić information content (AvgIpc) is 2.11. The summed E-state index contributed by atoms with van der Waals surface area (Å²) in [5.74, 6) is 0.138. The van der Waals surface area contributed by atoms with E-state index >= 15 is 0 Å². The van der Waals surface area contributed by atoms with Gasteiger partial charge in [0.05, 0.1) is 12.6 Å². The lowest BCUT2D eigenvalue weighted by molar-refractivity contribution is -0.136. The van der Waals surface area contributed by atoms with Crippen molar-refractivity contribution in [2.75, 3.05) is 19.7 Å². The van der Waals surface area contributed by atoms with Crippen LogP contribution in [-0.2, 0) is 4.79 Å². The third kappa shape index (κ3) is 2.96. The molecule has 82 valence electrons. The highest BCUT2D eigenvalue weighted by molar-refractivity contribution is 5.82. The van der Waals surface area contributed by atoms with E-state index in [2.05, 4.69) is 5.32 Å². The Bertz CT molecular complexity index is 193. The maximum absolute atomic E-state index is 11.8. The number of piperidine rings is 1. The number of amides is 1. The Hall–Kier alpha value is -0.610. The van der Waals surface area contributed by atoms with Crippen molar-refractivity contribution in [3.63, 3.8) is 0 Å². The molecule has 1 amide bonds. The van der Waals surface area contributed by atoms with E-state index < -0.39 is 0 Å². The quantitative estimate of drug-likeness (QED) is 0.670. The monoisotopic (exact) mass is 200 g/mol. The van der Waals surface area contributed by atoms with E-state index in [1.54, 1.807) is 4.90 Å². The van der Waals surface area contributed by atoms with E-state index in [0.717, 1.165) is 19.4 Å². The molecule has 1 atom stereocenters. The lowest BCUT2D eigenvalue weighted by Gasteiger charge is -2.33. The Labute approximate surface area is 85.3 Å². The number of β-amino-alcohol motifs (C(OH)–C–C–N with tert-alkyl or cyclic N) is 1. The maximum atomic E-state index is 11.8. The van der Waals surface area contributed by atoms with Crippen LogP contribution in [0.2, 0.25) is 0 Å². The standard InChI is InChI=1S/C10H20N2O2/c1-8(2)11-9-4-3-5-12(6-7-13)10(9)14/h8-9,11,13H,3-7H2,1-2H3. The van der Waals surface area contributed by atoms with Crippen LogP contribution < -0.4 is 5.32 Å². The number of aliphatic hydroxyl groups is 1. The van der Waals surface area contributed by atoms with Gasteiger partial charge in [0.1, 0.15) is 0 Å². The molecule has 1 rings (SSSR count). The second-order valence-electron chi connectivity index (χ2n) is 4.07. The molecule has 4 heteroatoms. The van der Waals surface area contributed by atoms with E-state index in [1.807, 2.05) is 13.8 Å². The first-order valence-corrected chi connectivity index (χ1v) is 5.31. The molecule has 1 unspecified atom stereocenters. The molecule has 14 heavy (non-hydrogen) atoms. The first-order valence-electron chi connectivity index (χ1n) is 5.31. The molecule has 0 aromatic carbocycles. The van der Waals surface area contributed by atoms with Crippen molar-refractivity contribution in [3.8, 4) is 0 Å². The predicted octanol–water partition coefficient (Wildman–Crippen LogP) is -0.0323. The summed E-state index contributed by atoms with van der Waals surface area (Å²) in [6.07, 6.45) is 1.94. The van der Waals surface area contributed by atoms with Crippen molar-refractivity contribution in [1.29, 1.82) is 0 Å². The number of rotatable bonds is 4. The van der Waals surface area contributed by atoms with Crippen molar-refractivity contribution in [2.24, 2.45) is 0 Å². The molecular weight excluding hydrogens is 180 g/mol. The van der Waals surface area contributed by atoms with Gasteiger partial charge in [-0.05, 0) is 12.8 Å². The number of hydrogen-bond donors (Lipinski definition) is 2. The lowest BCUT2D eigenvalue weighted by Crippen LogP contribution is -2.52. The van der Waals surface area contributed by atoms with Crippen molar-refractivity contribution in [1.82, 2.24) is 10.2 Å². The lowest BCUT2D eigenvalue weighted by atomic mass is 10.0. The van der Waals surface area contributed by atoms with Crippen LogP contribution in [-0.4, -0.2) is 47.7 Å². The minimum absolute atomic E-state index is 0.0460. The molecule has 0 aromatic heterocycles. The van der Waals surface area contributed by atoms with Crippen molar-refractivity contribution in [2.45, 2.75) is 38.8 Å². The maximum Gasteiger partial charge on any atom is 0.239 e. The van der Waals surface area contributed by atoms with Crippen LogP contribution in [0.5, 0.6) is 0 Å². The number of nitrogens with zero attached hydrogens (tertiary/aromatic N) is 1. The Morgan fingerprint density at radius 3 is 2.93 bits per heavy atom. The second kappa shape index (κ2) is 5.32. The van der Waals surface area contributed by atoms with E-state index in [4.69, 9.17) is 5.11 Å². The Morgan fingerprint density at radius 2 is 2.36 bits per heavy atom. The Balaban J connectivity index is 2.48. The molecule has 1 aliphatic heterocycles. The number of carbonyl (C=O) groups is 1. The summed E-state index contributed by atoms with van der Waals surface area (Å²) in [7, 11) is 0. The summed E-state index contributed by atoms with van der Waals surface area (Å²) >= 11 is 0. The third-order valence-electron chi connectivity index (χ3n) is 2.44. The first-order chi connectivity index (χ1) is 6.65. The molecule has 4 nitrogen and oxygen atoms in total. The van der Waals surface area contributed by atoms with Gasteiger partial charge < -0.3 is 15.3 Å². The number of likely N-dealkylation sites (tertiary alicyclic amines) is 1. The summed E-state index contributed by atoms with van der Waals surface area (Å²) in [5.41, 5.74) is 0. The highest BCUT2D eigenvalue weighted by atomic mass is 16.3. The van der Waals surface area contributed by atoms with Gasteiger partial charge in [-0.15, -0.1) is 0 Å². The van der Waals surface area contributed by atoms with Crippen LogP contribution in [0.3, 0.4) is 0 Å². The Kier molecular flexibility index (Phi) is 4.35. The summed E-state index contributed by atoms with van der Waals surface area (Å²) in [4.78, 5) is 13.5. The second-order valence-corrected chi connectivity index (χ2v) is 4.07. The van der Waals surface area contributed by atoms with E-state index in [9.17, 15) is 4.79 Å². The van der Waals surface area contributed by atoms with Crippen LogP contribution >= 0.6 is 0 Å². The highest BCUT2D eigenvalue weighted by Gasteiger charge is 2.28. The topological polar surface area (TPSA) is 52.6 Å². The summed E-state index contributed by atoms with van der Waals surface area (Å²) in [5, 5.41) is 12.0. The molecule has 0 aromatic rings. The number of nitrogens with one attached hydrogen (secondary N) is 1. The summed E-state index contributed by atoms with van der Waals surface area (Å²) in [6.45, 7) is 5.39. The molecule has 1 saturated heterocycles. The first kappa shape index (κ1) is 11.5. The van der Waals surface area contributed by atoms with Gasteiger partial charge >= 0.3 is 0 Å². The zero-order valence-electron chi connectivity index (χ0n) is 8.99. The number of aliphatic hydroxyl groups excluding tert-OH is 1. The molecule has 1 heterocycles. The van der Waals surface area contributed by atoms with Gasteiger partial charge in [-0.3, -0.25) is 4.79 Å². The zero-order valence-corrected chi connectivity index (χ0v) is 8.99. The van der Waals surface area contributed by atoms with Gasteiger partial charge in [0.2, 0.25) is 5.91 Å². The minimum atomic E-state index is -0.0460. The molecule has 2 N–H and O–H groups in total. The molecule has 0 bridgehead atoms. The van der Waals surface area contributed by atoms with Crippen LogP contribution in [0.4, 0.5) is 0 Å². The summed E-state index contributed by atoms with van der Waals surface area (Å²) < 4.78 is 0. The molecule has 0 radical (unpaired) electrons. The van der Waals surface area contributed by atoms with Gasteiger partial charge in [0.25, 0.3) is 0 Å². The zero-order chi connectivity index (χ0) is 10.6. The van der Waals surface area contributed by atoms with Crippen LogP contribution in [0.25, 0.3) is 0 Å². The largest absolute Gasteiger partial charge is 0.395 e. The van der Waals surface area contributed by atoms with Gasteiger partial charge in [-0.1, -0.05) is 13.8 Å². The van der Waals surface area contributed by atoms with Crippen molar-refractivity contribution >= 4 is 5.91 Å². The average molecular weight is 200 g/mol. The van der Waals surface area contributed by atoms with Gasteiger partial charge in [0.15, 0.2) is 0 Å². The molecule has 1 fully saturated rings. The van der Waals surface area contributed by atoms with Crippen LogP contribution in [0.1, 0.15) is 26.7 Å². The minimum Gasteiger partial charge on any atom is -0.395 e. The smallest absolute Gasteiger partial charge is 0.239 e. The van der Waals surface area contributed by atoms with Crippen LogP contribution in [0, 0.1) is 0 Å². The normalized spacial score (nSPS) is 23.3. The Morgan fingerprint density at radius 1 is 1.64 bits per heavy atom. The summed E-state index contributed by atoms with van der Waals surface area (Å²) in [6, 6.07) is 0.285. The van der Waals surface area contributed by atoms with Crippen molar-refractivity contribution in [3.05, 3.63) is 0 Å². The van der Waals surface area contributed by atoms with Crippen LogP contribution in [0.15, 0.2) is 0 Å². The number of carbonyl (C=O) groups excluding carboxylic acids is 1. The van der Waals surface area contributed by atoms with E-state index in [0.29, 0.717) is 12.6 Å². The van der Waals surface area contributed by atoms with Gasteiger partial charge in [-0.25, -0.2) is 0 Å². The fourth-order valence-electron chi connectivity index (χ4n) is 1.84. The third-order valence-corrected chi connectivity index (χ3v) is 2.44.